The van der Waals surface area contributed by atoms with Crippen LogP contribution < -0.4 is 0 Å². The summed E-state index contributed by atoms with van der Waals surface area (Å²) in [6, 6.07) is 13.6. The Bertz CT molecular complexity index is 969. The molecule has 0 saturated heterocycles. The van der Waals surface area contributed by atoms with Gasteiger partial charge in [-0.15, -0.1) is 0 Å². The topological polar surface area (TPSA) is 38.8 Å². The maximum absolute atomic E-state index is 11.8. The standard InChI is InChI=1S/C24H25Cl2NO3/c1-17-6-3-4-8-20(17)22(21-10-9-19(25)14-23(21)26)16-30-13-12-27-11-5-7-18(15-27)24(28)29-2/h3-4,6-10,14,16H,5,11-13,15H2,1-2H3. The SMILES string of the molecule is COC(=O)C1=CCCN(CCOC=C(c2ccccc2C)c2ccc(Cl)cc2Cl)C1. The lowest BCUT2D eigenvalue weighted by Crippen LogP contribution is -2.34. The van der Waals surface area contributed by atoms with Crippen molar-refractivity contribution in [2.45, 2.75) is 13.3 Å². The molecule has 0 radical (unpaired) electrons. The van der Waals surface area contributed by atoms with Crippen molar-refractivity contribution in [2.24, 2.45) is 0 Å². The number of rotatable bonds is 7. The first-order valence-corrected chi connectivity index (χ1v) is 10.6. The Morgan fingerprint density at radius 1 is 1.17 bits per heavy atom. The van der Waals surface area contributed by atoms with E-state index in [2.05, 4.69) is 17.9 Å². The second-order valence-electron chi connectivity index (χ2n) is 7.13. The fourth-order valence-corrected chi connectivity index (χ4v) is 3.97. The van der Waals surface area contributed by atoms with E-state index in [0.717, 1.165) is 35.2 Å². The van der Waals surface area contributed by atoms with Crippen molar-refractivity contribution in [1.82, 2.24) is 4.90 Å². The van der Waals surface area contributed by atoms with Crippen LogP contribution in [0.1, 0.15) is 23.1 Å². The van der Waals surface area contributed by atoms with Crippen LogP contribution in [-0.4, -0.2) is 44.2 Å². The summed E-state index contributed by atoms with van der Waals surface area (Å²) < 4.78 is 10.8. The molecule has 2 aromatic carbocycles. The molecule has 0 spiro atoms. The lowest BCUT2D eigenvalue weighted by Gasteiger charge is -2.25. The summed E-state index contributed by atoms with van der Waals surface area (Å²) in [5.41, 5.74) is 4.65. The van der Waals surface area contributed by atoms with Gasteiger partial charge in [0, 0.05) is 41.4 Å². The van der Waals surface area contributed by atoms with Crippen molar-refractivity contribution >= 4 is 34.7 Å². The van der Waals surface area contributed by atoms with Crippen LogP contribution in [0.2, 0.25) is 10.0 Å². The summed E-state index contributed by atoms with van der Waals surface area (Å²) in [6.45, 7) is 4.73. The Kier molecular flexibility index (Phi) is 7.97. The normalized spacial score (nSPS) is 14.9. The molecule has 0 bridgehead atoms. The van der Waals surface area contributed by atoms with Gasteiger partial charge in [-0.25, -0.2) is 4.79 Å². The van der Waals surface area contributed by atoms with Crippen molar-refractivity contribution in [1.29, 1.82) is 0 Å². The molecule has 30 heavy (non-hydrogen) atoms. The molecule has 0 fully saturated rings. The van der Waals surface area contributed by atoms with E-state index < -0.39 is 0 Å². The molecule has 0 atom stereocenters. The number of aryl methyl sites for hydroxylation is 1. The van der Waals surface area contributed by atoms with E-state index in [1.807, 2.05) is 36.4 Å². The highest BCUT2D eigenvalue weighted by Crippen LogP contribution is 2.32. The van der Waals surface area contributed by atoms with Gasteiger partial charge in [-0.2, -0.15) is 0 Å². The fraction of sp³-hybridized carbons (Fsp3) is 0.292. The van der Waals surface area contributed by atoms with Crippen LogP contribution in [0.15, 0.2) is 60.4 Å². The number of benzene rings is 2. The summed E-state index contributed by atoms with van der Waals surface area (Å²) in [5, 5.41) is 1.16. The number of hydrogen-bond acceptors (Lipinski definition) is 4. The van der Waals surface area contributed by atoms with Gasteiger partial charge in [-0.3, -0.25) is 4.90 Å². The molecule has 0 unspecified atom stereocenters. The van der Waals surface area contributed by atoms with Crippen LogP contribution in [0.25, 0.3) is 5.57 Å². The largest absolute Gasteiger partial charge is 0.499 e. The first-order valence-electron chi connectivity index (χ1n) is 9.82. The monoisotopic (exact) mass is 445 g/mol. The van der Waals surface area contributed by atoms with Crippen molar-refractivity contribution < 1.29 is 14.3 Å². The van der Waals surface area contributed by atoms with E-state index in [4.69, 9.17) is 32.7 Å². The number of esters is 1. The van der Waals surface area contributed by atoms with Crippen LogP contribution in [0.3, 0.4) is 0 Å². The minimum atomic E-state index is -0.264. The van der Waals surface area contributed by atoms with E-state index in [1.165, 1.54) is 7.11 Å². The number of carbonyl (C=O) groups is 1. The van der Waals surface area contributed by atoms with E-state index in [0.29, 0.717) is 35.3 Å². The maximum Gasteiger partial charge on any atom is 0.334 e. The lowest BCUT2D eigenvalue weighted by molar-refractivity contribution is -0.136. The highest BCUT2D eigenvalue weighted by Gasteiger charge is 2.18. The summed E-state index contributed by atoms with van der Waals surface area (Å²) in [4.78, 5) is 13.9. The molecule has 0 aromatic heterocycles. The van der Waals surface area contributed by atoms with Gasteiger partial charge in [-0.05, 0) is 36.6 Å². The van der Waals surface area contributed by atoms with Gasteiger partial charge in [0.1, 0.15) is 6.61 Å². The third kappa shape index (κ3) is 5.66. The average molecular weight is 446 g/mol. The second kappa shape index (κ2) is 10.7. The predicted octanol–water partition coefficient (Wildman–Crippen LogP) is 5.51. The van der Waals surface area contributed by atoms with E-state index >= 15 is 0 Å². The first-order chi connectivity index (χ1) is 14.5. The van der Waals surface area contributed by atoms with Gasteiger partial charge in [0.25, 0.3) is 0 Å². The molecule has 0 aliphatic carbocycles. The molecule has 0 N–H and O–H groups in total. The van der Waals surface area contributed by atoms with Crippen LogP contribution in [-0.2, 0) is 14.3 Å². The maximum atomic E-state index is 11.8. The minimum absolute atomic E-state index is 0.264. The Morgan fingerprint density at radius 3 is 2.70 bits per heavy atom. The lowest BCUT2D eigenvalue weighted by atomic mass is 9.95. The van der Waals surface area contributed by atoms with E-state index in [1.54, 1.807) is 12.3 Å². The van der Waals surface area contributed by atoms with Gasteiger partial charge in [-0.1, -0.05) is 59.6 Å². The van der Waals surface area contributed by atoms with Gasteiger partial charge >= 0.3 is 5.97 Å². The van der Waals surface area contributed by atoms with Gasteiger partial charge in [0.2, 0.25) is 0 Å². The predicted molar refractivity (Wildman–Crippen MR) is 122 cm³/mol. The number of halogens is 2. The summed E-state index contributed by atoms with van der Waals surface area (Å²) in [6.07, 6.45) is 4.54. The Hall–Kier alpha value is -2.27. The molecule has 4 nitrogen and oxygen atoms in total. The van der Waals surface area contributed by atoms with Gasteiger partial charge in [0.05, 0.1) is 18.4 Å². The highest BCUT2D eigenvalue weighted by molar-refractivity contribution is 6.35. The molecule has 3 rings (SSSR count). The third-order valence-electron chi connectivity index (χ3n) is 5.06. The molecule has 158 valence electrons. The number of hydrogen-bond donors (Lipinski definition) is 0. The van der Waals surface area contributed by atoms with Crippen molar-refractivity contribution in [3.63, 3.8) is 0 Å². The van der Waals surface area contributed by atoms with Crippen molar-refractivity contribution in [2.75, 3.05) is 33.4 Å². The molecule has 1 aliphatic heterocycles. The summed E-state index contributed by atoms with van der Waals surface area (Å²) >= 11 is 12.6. The van der Waals surface area contributed by atoms with Crippen molar-refractivity contribution in [3.8, 4) is 0 Å². The Labute approximate surface area is 187 Å². The molecular weight excluding hydrogens is 421 g/mol. The van der Waals surface area contributed by atoms with Crippen LogP contribution in [0.4, 0.5) is 0 Å². The fourth-order valence-electron chi connectivity index (χ4n) is 3.45. The molecule has 1 heterocycles. The zero-order valence-corrected chi connectivity index (χ0v) is 18.7. The van der Waals surface area contributed by atoms with Crippen LogP contribution in [0.5, 0.6) is 0 Å². The summed E-state index contributed by atoms with van der Waals surface area (Å²) in [7, 11) is 1.41. The van der Waals surface area contributed by atoms with E-state index in [-0.39, 0.29) is 5.97 Å². The molecule has 2 aromatic rings. The molecule has 1 aliphatic rings. The number of methoxy groups -OCH3 is 1. The molecule has 0 saturated carbocycles. The number of ether oxygens (including phenoxy) is 2. The number of nitrogens with zero attached hydrogens (tertiary/aromatic N) is 1. The first kappa shape index (κ1) is 22.4. The van der Waals surface area contributed by atoms with Crippen molar-refractivity contribution in [3.05, 3.63) is 87.1 Å². The Balaban J connectivity index is 1.73. The smallest absolute Gasteiger partial charge is 0.334 e. The Morgan fingerprint density at radius 2 is 1.97 bits per heavy atom. The van der Waals surface area contributed by atoms with Crippen LogP contribution in [0, 0.1) is 6.92 Å². The van der Waals surface area contributed by atoms with Crippen LogP contribution >= 0.6 is 23.2 Å². The van der Waals surface area contributed by atoms with Gasteiger partial charge in [0.15, 0.2) is 0 Å². The molecule has 0 amide bonds. The molecular formula is C24H25Cl2NO3. The highest BCUT2D eigenvalue weighted by atomic mass is 35.5. The second-order valence-corrected chi connectivity index (χ2v) is 7.97. The van der Waals surface area contributed by atoms with Gasteiger partial charge < -0.3 is 9.47 Å². The zero-order chi connectivity index (χ0) is 21.5. The van der Waals surface area contributed by atoms with E-state index in [9.17, 15) is 4.79 Å². The zero-order valence-electron chi connectivity index (χ0n) is 17.2. The number of carbonyl (C=O) groups excluding carboxylic acids is 1. The third-order valence-corrected chi connectivity index (χ3v) is 5.61. The minimum Gasteiger partial charge on any atom is -0.499 e. The summed E-state index contributed by atoms with van der Waals surface area (Å²) in [5.74, 6) is -0.264. The molecule has 6 heteroatoms. The average Bonchev–Trinajstić information content (AvgIpc) is 2.75. The quantitative estimate of drug-likeness (QED) is 0.319.